The zero-order valence-electron chi connectivity index (χ0n) is 16.8. The number of rotatable bonds is 10. The minimum Gasteiger partial charge on any atom is -0.491 e. The zero-order valence-corrected chi connectivity index (χ0v) is 19.1. The molecule has 1 atom stereocenters. The standard InChI is InChI=1S/C20H33N3O3.HI/c1-16-6-4-7-17(2)19(16)26-13-10-23-20(21-3)22-9-5-11-24-14-18-8-12-25-15-18;/h4,6-7,18H,5,8-15H2,1-3H3,(H2,21,22,23);1H. The van der Waals surface area contributed by atoms with Crippen molar-refractivity contribution < 1.29 is 14.2 Å². The molecule has 1 unspecified atom stereocenters. The van der Waals surface area contributed by atoms with E-state index in [4.69, 9.17) is 14.2 Å². The molecule has 0 aromatic heterocycles. The van der Waals surface area contributed by atoms with E-state index in [1.54, 1.807) is 7.05 Å². The first-order chi connectivity index (χ1) is 12.7. The van der Waals surface area contributed by atoms with Crippen LogP contribution in [0.2, 0.25) is 0 Å². The second-order valence-electron chi connectivity index (χ2n) is 6.65. The van der Waals surface area contributed by atoms with E-state index in [9.17, 15) is 0 Å². The first kappa shape index (κ1) is 24.0. The molecule has 1 aromatic carbocycles. The van der Waals surface area contributed by atoms with Crippen LogP contribution in [0.3, 0.4) is 0 Å². The van der Waals surface area contributed by atoms with E-state index in [0.29, 0.717) is 19.1 Å². The molecule has 1 aliphatic heterocycles. The van der Waals surface area contributed by atoms with Crippen molar-refractivity contribution in [3.63, 3.8) is 0 Å². The highest BCUT2D eigenvalue weighted by Gasteiger charge is 2.15. The molecule has 1 heterocycles. The number of ether oxygens (including phenoxy) is 3. The molecule has 0 bridgehead atoms. The van der Waals surface area contributed by atoms with E-state index in [2.05, 4.69) is 41.6 Å². The molecule has 154 valence electrons. The molecular weight excluding hydrogens is 457 g/mol. The number of guanidine groups is 1. The van der Waals surface area contributed by atoms with Gasteiger partial charge < -0.3 is 24.8 Å². The number of nitrogens with one attached hydrogen (secondary N) is 2. The van der Waals surface area contributed by atoms with Gasteiger partial charge in [0, 0.05) is 32.7 Å². The third kappa shape index (κ3) is 9.12. The Morgan fingerprint density at radius 3 is 2.59 bits per heavy atom. The van der Waals surface area contributed by atoms with Gasteiger partial charge in [0.15, 0.2) is 5.96 Å². The molecule has 27 heavy (non-hydrogen) atoms. The topological polar surface area (TPSA) is 64.1 Å². The number of hydrogen-bond acceptors (Lipinski definition) is 4. The smallest absolute Gasteiger partial charge is 0.191 e. The van der Waals surface area contributed by atoms with Gasteiger partial charge in [0.05, 0.1) is 19.8 Å². The fourth-order valence-corrected chi connectivity index (χ4v) is 2.92. The van der Waals surface area contributed by atoms with E-state index >= 15 is 0 Å². The summed E-state index contributed by atoms with van der Waals surface area (Å²) < 4.78 is 16.9. The van der Waals surface area contributed by atoms with Crippen LogP contribution >= 0.6 is 24.0 Å². The molecule has 1 aliphatic rings. The lowest BCUT2D eigenvalue weighted by Crippen LogP contribution is -2.40. The highest BCUT2D eigenvalue weighted by molar-refractivity contribution is 14.0. The van der Waals surface area contributed by atoms with Crippen molar-refractivity contribution in [3.8, 4) is 5.75 Å². The molecular formula is C20H34IN3O3. The van der Waals surface area contributed by atoms with E-state index in [0.717, 1.165) is 68.6 Å². The molecule has 0 saturated carbocycles. The number of nitrogens with zero attached hydrogens (tertiary/aromatic N) is 1. The quantitative estimate of drug-likeness (QED) is 0.228. The molecule has 6 nitrogen and oxygen atoms in total. The lowest BCUT2D eigenvalue weighted by Gasteiger charge is -2.14. The van der Waals surface area contributed by atoms with Gasteiger partial charge in [-0.15, -0.1) is 24.0 Å². The summed E-state index contributed by atoms with van der Waals surface area (Å²) in [4.78, 5) is 4.23. The Labute approximate surface area is 180 Å². The van der Waals surface area contributed by atoms with Crippen LogP contribution in [0.5, 0.6) is 5.75 Å². The average Bonchev–Trinajstić information content (AvgIpc) is 3.15. The number of aryl methyl sites for hydroxylation is 2. The van der Waals surface area contributed by atoms with Gasteiger partial charge in [-0.05, 0) is 37.8 Å². The van der Waals surface area contributed by atoms with Crippen LogP contribution in [-0.4, -0.2) is 59.1 Å². The monoisotopic (exact) mass is 491 g/mol. The highest BCUT2D eigenvalue weighted by Crippen LogP contribution is 2.21. The number of halogens is 1. The first-order valence-corrected chi connectivity index (χ1v) is 9.49. The van der Waals surface area contributed by atoms with Crippen molar-refractivity contribution in [3.05, 3.63) is 29.3 Å². The summed E-state index contributed by atoms with van der Waals surface area (Å²) in [6.07, 6.45) is 2.08. The maximum atomic E-state index is 5.89. The van der Waals surface area contributed by atoms with Crippen LogP contribution in [0, 0.1) is 19.8 Å². The summed E-state index contributed by atoms with van der Waals surface area (Å²) in [6, 6.07) is 6.18. The van der Waals surface area contributed by atoms with Crippen LogP contribution in [0.1, 0.15) is 24.0 Å². The van der Waals surface area contributed by atoms with Gasteiger partial charge in [-0.2, -0.15) is 0 Å². The zero-order chi connectivity index (χ0) is 18.6. The Morgan fingerprint density at radius 2 is 1.93 bits per heavy atom. The summed E-state index contributed by atoms with van der Waals surface area (Å²) in [7, 11) is 1.78. The molecule has 1 aromatic rings. The highest BCUT2D eigenvalue weighted by atomic mass is 127. The van der Waals surface area contributed by atoms with Gasteiger partial charge in [-0.1, -0.05) is 18.2 Å². The largest absolute Gasteiger partial charge is 0.491 e. The normalized spacial score (nSPS) is 16.7. The molecule has 1 fully saturated rings. The average molecular weight is 491 g/mol. The number of aliphatic imine (C=N–C) groups is 1. The van der Waals surface area contributed by atoms with Gasteiger partial charge in [0.25, 0.3) is 0 Å². The van der Waals surface area contributed by atoms with Crippen LogP contribution in [0.4, 0.5) is 0 Å². The van der Waals surface area contributed by atoms with Crippen LogP contribution in [0.15, 0.2) is 23.2 Å². The van der Waals surface area contributed by atoms with Gasteiger partial charge in [0.2, 0.25) is 0 Å². The molecule has 2 rings (SSSR count). The molecule has 0 amide bonds. The number of benzene rings is 1. The molecule has 2 N–H and O–H groups in total. The summed E-state index contributed by atoms with van der Waals surface area (Å²) in [5.41, 5.74) is 2.33. The van der Waals surface area contributed by atoms with E-state index in [-0.39, 0.29) is 24.0 Å². The van der Waals surface area contributed by atoms with Crippen molar-refractivity contribution >= 4 is 29.9 Å². The molecule has 0 spiro atoms. The van der Waals surface area contributed by atoms with Crippen molar-refractivity contribution in [2.75, 3.05) is 53.2 Å². The number of para-hydroxylation sites is 1. The lowest BCUT2D eigenvalue weighted by atomic mass is 10.1. The van der Waals surface area contributed by atoms with Crippen molar-refractivity contribution in [1.29, 1.82) is 0 Å². The van der Waals surface area contributed by atoms with Crippen LogP contribution < -0.4 is 15.4 Å². The van der Waals surface area contributed by atoms with Crippen molar-refractivity contribution in [2.24, 2.45) is 10.9 Å². The van der Waals surface area contributed by atoms with E-state index in [1.807, 2.05) is 6.07 Å². The fourth-order valence-electron chi connectivity index (χ4n) is 2.92. The molecule has 1 saturated heterocycles. The second kappa shape index (κ2) is 14.0. The predicted molar refractivity (Wildman–Crippen MR) is 121 cm³/mol. The molecule has 0 aliphatic carbocycles. The molecule has 7 heteroatoms. The van der Waals surface area contributed by atoms with Gasteiger partial charge in [-0.3, -0.25) is 4.99 Å². The minimum absolute atomic E-state index is 0. The maximum absolute atomic E-state index is 5.89. The Morgan fingerprint density at radius 1 is 1.19 bits per heavy atom. The fraction of sp³-hybridized carbons (Fsp3) is 0.650. The minimum atomic E-state index is 0. The van der Waals surface area contributed by atoms with Gasteiger partial charge in [-0.25, -0.2) is 0 Å². The summed E-state index contributed by atoms with van der Waals surface area (Å²) in [6.45, 7) is 9.56. The maximum Gasteiger partial charge on any atom is 0.191 e. The second-order valence-corrected chi connectivity index (χ2v) is 6.65. The predicted octanol–water partition coefficient (Wildman–Crippen LogP) is 2.91. The Bertz CT molecular complexity index is 543. The first-order valence-electron chi connectivity index (χ1n) is 9.49. The summed E-state index contributed by atoms with van der Waals surface area (Å²) >= 11 is 0. The summed E-state index contributed by atoms with van der Waals surface area (Å²) in [5, 5.41) is 6.57. The number of hydrogen-bond donors (Lipinski definition) is 2. The van der Waals surface area contributed by atoms with Gasteiger partial charge >= 0.3 is 0 Å². The van der Waals surface area contributed by atoms with E-state index in [1.165, 1.54) is 0 Å². The molecule has 0 radical (unpaired) electrons. The third-order valence-corrected chi connectivity index (χ3v) is 4.41. The van der Waals surface area contributed by atoms with Crippen molar-refractivity contribution in [1.82, 2.24) is 10.6 Å². The van der Waals surface area contributed by atoms with Crippen LogP contribution in [0.25, 0.3) is 0 Å². The third-order valence-electron chi connectivity index (χ3n) is 4.41. The summed E-state index contributed by atoms with van der Waals surface area (Å²) in [5.74, 6) is 2.34. The van der Waals surface area contributed by atoms with E-state index < -0.39 is 0 Å². The lowest BCUT2D eigenvalue weighted by molar-refractivity contribution is 0.0888. The Kier molecular flexibility index (Phi) is 12.4. The Balaban J connectivity index is 0.00000364. The van der Waals surface area contributed by atoms with Gasteiger partial charge in [0.1, 0.15) is 12.4 Å². The SMILES string of the molecule is CN=C(NCCCOCC1CCOC1)NCCOc1c(C)cccc1C.I. The van der Waals surface area contributed by atoms with Crippen molar-refractivity contribution in [2.45, 2.75) is 26.7 Å². The van der Waals surface area contributed by atoms with Crippen LogP contribution in [-0.2, 0) is 9.47 Å². The Hall–Kier alpha value is -1.06.